The quantitative estimate of drug-likeness (QED) is 0.541. The van der Waals surface area contributed by atoms with Crippen LogP contribution < -0.4 is 16.2 Å². The third-order valence-corrected chi connectivity index (χ3v) is 5.28. The molecule has 0 amide bonds. The van der Waals surface area contributed by atoms with Gasteiger partial charge in [-0.15, -0.1) is 0 Å². The summed E-state index contributed by atoms with van der Waals surface area (Å²) in [4.78, 5) is 0. The van der Waals surface area contributed by atoms with Crippen LogP contribution in [0.1, 0.15) is 19.4 Å². The van der Waals surface area contributed by atoms with Crippen molar-refractivity contribution in [3.05, 3.63) is 60.2 Å². The highest BCUT2D eigenvalue weighted by Gasteiger charge is 2.26. The molecule has 0 aliphatic heterocycles. The Morgan fingerprint density at radius 3 is 2.09 bits per heavy atom. The van der Waals surface area contributed by atoms with E-state index in [0.717, 1.165) is 11.3 Å². The van der Waals surface area contributed by atoms with Crippen LogP contribution >= 0.6 is 7.60 Å². The van der Waals surface area contributed by atoms with Crippen LogP contribution in [0.15, 0.2) is 54.6 Å². The van der Waals surface area contributed by atoms with Crippen LogP contribution in [0.2, 0.25) is 0 Å². The molecule has 2 rings (SSSR count). The average molecular weight is 334 g/mol. The van der Waals surface area contributed by atoms with Crippen LogP contribution in [0, 0.1) is 0 Å². The topological polar surface area (TPSA) is 59.6 Å². The van der Waals surface area contributed by atoms with E-state index >= 15 is 0 Å². The molecule has 5 nitrogen and oxygen atoms in total. The molecule has 0 unspecified atom stereocenters. The summed E-state index contributed by atoms with van der Waals surface area (Å²) in [7, 11) is -3.20. The van der Waals surface area contributed by atoms with Crippen LogP contribution in [-0.4, -0.2) is 13.2 Å². The molecule has 0 heterocycles. The fourth-order valence-electron chi connectivity index (χ4n) is 2.09. The molecule has 0 atom stereocenters. The predicted molar refractivity (Wildman–Crippen MR) is 93.8 cm³/mol. The maximum absolute atomic E-state index is 12.7. The van der Waals surface area contributed by atoms with Gasteiger partial charge in [-0.1, -0.05) is 30.3 Å². The molecule has 2 aromatic rings. The summed E-state index contributed by atoms with van der Waals surface area (Å²) in [6.07, 6.45) is 0. The van der Waals surface area contributed by atoms with Crippen LogP contribution in [-0.2, 0) is 20.2 Å². The zero-order valence-corrected chi connectivity index (χ0v) is 14.4. The Morgan fingerprint density at radius 1 is 0.913 bits per heavy atom. The third-order valence-electron chi connectivity index (χ3n) is 3.15. The van der Waals surface area contributed by atoms with Crippen LogP contribution in [0.25, 0.3) is 0 Å². The van der Waals surface area contributed by atoms with Gasteiger partial charge in [0.15, 0.2) is 0 Å². The van der Waals surface area contributed by atoms with Crippen molar-refractivity contribution < 1.29 is 13.6 Å². The first-order valence-electron chi connectivity index (χ1n) is 7.70. The van der Waals surface area contributed by atoms with Gasteiger partial charge in [0.1, 0.15) is 0 Å². The van der Waals surface area contributed by atoms with Crippen molar-refractivity contribution in [2.45, 2.75) is 20.4 Å². The van der Waals surface area contributed by atoms with Crippen LogP contribution in [0.4, 0.5) is 5.69 Å². The van der Waals surface area contributed by atoms with E-state index in [9.17, 15) is 4.57 Å². The van der Waals surface area contributed by atoms with E-state index in [1.165, 1.54) is 0 Å². The minimum absolute atomic E-state index is 0.349. The Labute approximate surface area is 137 Å². The number of hydrogen-bond acceptors (Lipinski definition) is 5. The van der Waals surface area contributed by atoms with E-state index < -0.39 is 7.60 Å². The van der Waals surface area contributed by atoms with E-state index in [1.807, 2.05) is 42.5 Å². The molecule has 0 saturated heterocycles. The summed E-state index contributed by atoms with van der Waals surface area (Å²) in [5, 5.41) is 0.584. The van der Waals surface area contributed by atoms with E-state index in [0.29, 0.717) is 25.1 Å². The second kappa shape index (κ2) is 8.85. The summed E-state index contributed by atoms with van der Waals surface area (Å²) in [6, 6.07) is 17.3. The molecule has 0 aliphatic carbocycles. The Morgan fingerprint density at radius 2 is 1.52 bits per heavy atom. The summed E-state index contributed by atoms with van der Waals surface area (Å²) >= 11 is 0. The Balaban J connectivity index is 1.94. The van der Waals surface area contributed by atoms with E-state index in [-0.39, 0.29) is 0 Å². The van der Waals surface area contributed by atoms with E-state index in [1.54, 1.807) is 26.0 Å². The van der Waals surface area contributed by atoms with Gasteiger partial charge in [0, 0.05) is 12.2 Å². The van der Waals surface area contributed by atoms with Gasteiger partial charge in [-0.25, -0.2) is 5.43 Å². The van der Waals surface area contributed by atoms with Crippen molar-refractivity contribution in [2.75, 3.05) is 18.6 Å². The molecule has 0 radical (unpaired) electrons. The molecule has 6 heteroatoms. The van der Waals surface area contributed by atoms with Gasteiger partial charge >= 0.3 is 7.60 Å². The summed E-state index contributed by atoms with van der Waals surface area (Å²) in [5.41, 5.74) is 8.34. The molecule has 0 spiro atoms. The molecule has 2 aromatic carbocycles. The smallest absolute Gasteiger partial charge is 0.321 e. The second-order valence-electron chi connectivity index (χ2n) is 4.84. The molecule has 2 N–H and O–H groups in total. The molecule has 0 saturated carbocycles. The first-order valence-corrected chi connectivity index (χ1v) is 9.24. The minimum atomic E-state index is -3.20. The number of nitrogens with one attached hydrogen (secondary N) is 2. The minimum Gasteiger partial charge on any atom is -0.321 e. The van der Waals surface area contributed by atoms with Crippen molar-refractivity contribution in [1.29, 1.82) is 0 Å². The number of anilines is 1. The highest BCUT2D eigenvalue weighted by molar-refractivity contribution is 7.62. The van der Waals surface area contributed by atoms with Gasteiger partial charge in [0.25, 0.3) is 0 Å². The van der Waals surface area contributed by atoms with Gasteiger partial charge in [0.2, 0.25) is 0 Å². The first kappa shape index (κ1) is 17.7. The number of hydrazine groups is 1. The molecule has 0 fully saturated rings. The standard InChI is InChI=1S/C17H23N2O3P/c1-3-21-23(20,22-4-2)17-12-10-15(11-13-17)14-18-19-16-8-6-5-7-9-16/h5-13,18-19H,3-4,14H2,1-2H3. The first-order chi connectivity index (χ1) is 11.2. The Bertz CT molecular complexity index is 622. The lowest BCUT2D eigenvalue weighted by molar-refractivity contribution is 0.230. The lowest BCUT2D eigenvalue weighted by Crippen LogP contribution is -2.21. The second-order valence-corrected chi connectivity index (χ2v) is 6.87. The fraction of sp³-hybridized carbons (Fsp3) is 0.294. The van der Waals surface area contributed by atoms with Gasteiger partial charge < -0.3 is 14.5 Å². The van der Waals surface area contributed by atoms with E-state index in [4.69, 9.17) is 9.05 Å². The molecular weight excluding hydrogens is 311 g/mol. The lowest BCUT2D eigenvalue weighted by Gasteiger charge is -2.17. The third kappa shape index (κ3) is 5.19. The normalized spacial score (nSPS) is 11.4. The van der Waals surface area contributed by atoms with Crippen LogP contribution in [0.5, 0.6) is 0 Å². The Hall–Kier alpha value is -1.65. The average Bonchev–Trinajstić information content (AvgIpc) is 2.57. The molecule has 124 valence electrons. The van der Waals surface area contributed by atoms with Gasteiger partial charge in [-0.2, -0.15) is 0 Å². The van der Waals surface area contributed by atoms with Crippen molar-refractivity contribution in [3.63, 3.8) is 0 Å². The van der Waals surface area contributed by atoms with Crippen molar-refractivity contribution in [1.82, 2.24) is 5.43 Å². The van der Waals surface area contributed by atoms with Gasteiger partial charge in [-0.05, 0) is 43.7 Å². The fourth-order valence-corrected chi connectivity index (χ4v) is 3.66. The lowest BCUT2D eigenvalue weighted by atomic mass is 10.2. The zero-order valence-electron chi connectivity index (χ0n) is 13.5. The molecular formula is C17H23N2O3P. The Kier molecular flexibility index (Phi) is 6.81. The zero-order chi connectivity index (χ0) is 16.5. The van der Waals surface area contributed by atoms with Crippen molar-refractivity contribution in [2.24, 2.45) is 0 Å². The molecule has 0 aromatic heterocycles. The maximum Gasteiger partial charge on any atom is 0.361 e. The highest BCUT2D eigenvalue weighted by Crippen LogP contribution is 2.46. The highest BCUT2D eigenvalue weighted by atomic mass is 31.2. The van der Waals surface area contributed by atoms with Gasteiger partial charge in [0.05, 0.1) is 18.5 Å². The number of hydrogen-bond donors (Lipinski definition) is 2. The summed E-state index contributed by atoms with van der Waals surface area (Å²) in [6.45, 7) is 4.95. The number of para-hydroxylation sites is 1. The maximum atomic E-state index is 12.7. The largest absolute Gasteiger partial charge is 0.361 e. The SMILES string of the molecule is CCOP(=O)(OCC)c1ccc(CNNc2ccccc2)cc1. The monoisotopic (exact) mass is 334 g/mol. The summed E-state index contributed by atoms with van der Waals surface area (Å²) < 4.78 is 23.3. The summed E-state index contributed by atoms with van der Waals surface area (Å²) in [5.74, 6) is 0. The number of benzene rings is 2. The predicted octanol–water partition coefficient (Wildman–Crippen LogP) is 3.69. The number of rotatable bonds is 9. The molecule has 0 bridgehead atoms. The van der Waals surface area contributed by atoms with E-state index in [2.05, 4.69) is 10.9 Å². The van der Waals surface area contributed by atoms with Crippen molar-refractivity contribution >= 4 is 18.6 Å². The molecule has 23 heavy (non-hydrogen) atoms. The molecule has 0 aliphatic rings. The van der Waals surface area contributed by atoms with Crippen LogP contribution in [0.3, 0.4) is 0 Å². The van der Waals surface area contributed by atoms with Gasteiger partial charge in [-0.3, -0.25) is 4.57 Å². The van der Waals surface area contributed by atoms with Crippen molar-refractivity contribution in [3.8, 4) is 0 Å².